The number of carbonyl (C=O) groups excluding carboxylic acids is 1. The molecule has 0 saturated carbocycles. The average molecular weight is 342 g/mol. The van der Waals surface area contributed by atoms with Crippen LogP contribution in [-0.4, -0.2) is 37.2 Å². The van der Waals surface area contributed by atoms with Crippen molar-refractivity contribution in [2.24, 2.45) is 0 Å². The first-order chi connectivity index (χ1) is 12.1. The van der Waals surface area contributed by atoms with Gasteiger partial charge in [-0.25, -0.2) is 14.6 Å². The molecular formula is C16H18N6O3. The molecule has 3 heterocycles. The average Bonchev–Trinajstić information content (AvgIpc) is 3.03. The van der Waals surface area contributed by atoms with Crippen molar-refractivity contribution in [1.29, 1.82) is 0 Å². The van der Waals surface area contributed by atoms with E-state index in [9.17, 15) is 9.59 Å². The van der Waals surface area contributed by atoms with E-state index in [2.05, 4.69) is 27.3 Å². The molecule has 0 radical (unpaired) electrons. The molecular weight excluding hydrogens is 324 g/mol. The number of hydrogen-bond acceptors (Lipinski definition) is 6. The molecule has 0 aliphatic carbocycles. The fourth-order valence-electron chi connectivity index (χ4n) is 2.52. The van der Waals surface area contributed by atoms with Crippen molar-refractivity contribution in [2.45, 2.75) is 26.3 Å². The lowest BCUT2D eigenvalue weighted by Gasteiger charge is -2.09. The van der Waals surface area contributed by atoms with Crippen molar-refractivity contribution >= 4 is 17.2 Å². The Kier molecular flexibility index (Phi) is 4.73. The maximum Gasteiger partial charge on any atom is 0.318 e. The Bertz CT molecular complexity index is 948. The van der Waals surface area contributed by atoms with Gasteiger partial charge in [0.2, 0.25) is 5.91 Å². The molecule has 0 spiro atoms. The van der Waals surface area contributed by atoms with Gasteiger partial charge in [0.1, 0.15) is 24.2 Å². The van der Waals surface area contributed by atoms with E-state index in [1.165, 1.54) is 19.6 Å². The van der Waals surface area contributed by atoms with Gasteiger partial charge in [-0.3, -0.25) is 14.0 Å². The van der Waals surface area contributed by atoms with Gasteiger partial charge in [-0.05, 0) is 24.1 Å². The number of ether oxygens (including phenoxy) is 1. The highest BCUT2D eigenvalue weighted by atomic mass is 16.5. The lowest BCUT2D eigenvalue weighted by molar-refractivity contribution is -0.117. The normalized spacial score (nSPS) is 10.8. The summed E-state index contributed by atoms with van der Waals surface area (Å²) in [7, 11) is 1.47. The number of rotatable bonds is 6. The van der Waals surface area contributed by atoms with Crippen molar-refractivity contribution in [3.05, 3.63) is 46.8 Å². The summed E-state index contributed by atoms with van der Waals surface area (Å²) in [6.07, 6.45) is 6.47. The van der Waals surface area contributed by atoms with Gasteiger partial charge >= 0.3 is 6.01 Å². The third-order valence-electron chi connectivity index (χ3n) is 3.61. The van der Waals surface area contributed by atoms with Crippen molar-refractivity contribution in [3.8, 4) is 6.01 Å². The van der Waals surface area contributed by atoms with Gasteiger partial charge in [0, 0.05) is 12.4 Å². The standard InChI is InChI=1S/C16H18N6O3/c1-3-4-11-7-12-15(24)22(20-16(25-2)21(12)8-11)9-14(23)19-13-5-6-17-10-18-13/h5-8,10H,3-4,9H2,1-2H3,(H,17,18,19,23). The van der Waals surface area contributed by atoms with Gasteiger partial charge < -0.3 is 10.1 Å². The Morgan fingerprint density at radius 3 is 2.92 bits per heavy atom. The van der Waals surface area contributed by atoms with E-state index in [0.29, 0.717) is 11.3 Å². The van der Waals surface area contributed by atoms with Crippen LogP contribution in [0.1, 0.15) is 18.9 Å². The first-order valence-electron chi connectivity index (χ1n) is 7.84. The predicted octanol–water partition coefficient (Wildman–Crippen LogP) is 0.886. The minimum Gasteiger partial charge on any atom is -0.467 e. The second-order valence-corrected chi connectivity index (χ2v) is 5.45. The van der Waals surface area contributed by atoms with E-state index in [1.54, 1.807) is 16.5 Å². The number of amides is 1. The molecule has 0 unspecified atom stereocenters. The minimum atomic E-state index is -0.417. The number of carbonyl (C=O) groups is 1. The lowest BCUT2D eigenvalue weighted by atomic mass is 10.2. The summed E-state index contributed by atoms with van der Waals surface area (Å²) in [5.41, 5.74) is 1.08. The van der Waals surface area contributed by atoms with E-state index >= 15 is 0 Å². The van der Waals surface area contributed by atoms with Gasteiger partial charge in [0.25, 0.3) is 5.56 Å². The van der Waals surface area contributed by atoms with Crippen molar-refractivity contribution in [1.82, 2.24) is 24.1 Å². The molecule has 0 aliphatic heterocycles. The molecule has 3 aromatic heterocycles. The van der Waals surface area contributed by atoms with Crippen molar-refractivity contribution < 1.29 is 9.53 Å². The highest BCUT2D eigenvalue weighted by molar-refractivity contribution is 5.89. The van der Waals surface area contributed by atoms with Crippen molar-refractivity contribution in [2.75, 3.05) is 12.4 Å². The molecule has 0 saturated heterocycles. The number of nitrogens with one attached hydrogen (secondary N) is 1. The third kappa shape index (κ3) is 3.49. The van der Waals surface area contributed by atoms with Crippen LogP contribution in [0.15, 0.2) is 35.6 Å². The molecule has 25 heavy (non-hydrogen) atoms. The fraction of sp³-hybridized carbons (Fsp3) is 0.312. The molecule has 3 aromatic rings. The third-order valence-corrected chi connectivity index (χ3v) is 3.61. The van der Waals surface area contributed by atoms with Crippen LogP contribution in [0.3, 0.4) is 0 Å². The lowest BCUT2D eigenvalue weighted by Crippen LogP contribution is -2.31. The summed E-state index contributed by atoms with van der Waals surface area (Å²) in [5, 5.41) is 6.72. The second-order valence-electron chi connectivity index (χ2n) is 5.45. The molecule has 1 amide bonds. The Labute approximate surface area is 143 Å². The molecule has 3 rings (SSSR count). The van der Waals surface area contributed by atoms with Gasteiger partial charge in [-0.1, -0.05) is 13.3 Å². The van der Waals surface area contributed by atoms with Crippen LogP contribution in [-0.2, 0) is 17.8 Å². The van der Waals surface area contributed by atoms with E-state index in [-0.39, 0.29) is 18.1 Å². The van der Waals surface area contributed by atoms with Crippen LogP contribution in [0.2, 0.25) is 0 Å². The predicted molar refractivity (Wildman–Crippen MR) is 90.7 cm³/mol. The number of aromatic nitrogens is 5. The monoisotopic (exact) mass is 342 g/mol. The Morgan fingerprint density at radius 2 is 2.24 bits per heavy atom. The summed E-state index contributed by atoms with van der Waals surface area (Å²) in [4.78, 5) is 32.5. The molecule has 9 heteroatoms. The maximum absolute atomic E-state index is 12.6. The smallest absolute Gasteiger partial charge is 0.318 e. The highest BCUT2D eigenvalue weighted by Crippen LogP contribution is 2.14. The van der Waals surface area contributed by atoms with Crippen LogP contribution in [0.25, 0.3) is 5.52 Å². The summed E-state index contributed by atoms with van der Waals surface area (Å²) in [6, 6.07) is 3.60. The van der Waals surface area contributed by atoms with E-state index in [0.717, 1.165) is 23.1 Å². The summed E-state index contributed by atoms with van der Waals surface area (Å²) >= 11 is 0. The summed E-state index contributed by atoms with van der Waals surface area (Å²) in [6.45, 7) is 1.82. The van der Waals surface area contributed by atoms with Gasteiger partial charge in [0.15, 0.2) is 0 Å². The van der Waals surface area contributed by atoms with E-state index in [4.69, 9.17) is 4.74 Å². The molecule has 0 bridgehead atoms. The molecule has 0 fully saturated rings. The number of methoxy groups -OCH3 is 1. The second kappa shape index (κ2) is 7.12. The van der Waals surface area contributed by atoms with Crippen molar-refractivity contribution in [3.63, 3.8) is 0 Å². The van der Waals surface area contributed by atoms with E-state index < -0.39 is 5.91 Å². The number of fused-ring (bicyclic) bond motifs is 1. The van der Waals surface area contributed by atoms with Crippen LogP contribution in [0.5, 0.6) is 6.01 Å². The molecule has 0 aliphatic rings. The zero-order valence-corrected chi connectivity index (χ0v) is 14.0. The van der Waals surface area contributed by atoms with Crippen LogP contribution in [0.4, 0.5) is 5.82 Å². The van der Waals surface area contributed by atoms with Crippen LogP contribution < -0.4 is 15.6 Å². The SMILES string of the molecule is CCCc1cc2c(=O)n(CC(=O)Nc3ccncn3)nc(OC)n2c1. The minimum absolute atomic E-state index is 0.242. The Hall–Kier alpha value is -3.23. The number of hydrogen-bond donors (Lipinski definition) is 1. The zero-order valence-electron chi connectivity index (χ0n) is 14.0. The first kappa shape index (κ1) is 16.6. The largest absolute Gasteiger partial charge is 0.467 e. The summed E-state index contributed by atoms with van der Waals surface area (Å²) in [5.74, 6) is -0.0611. The first-order valence-corrected chi connectivity index (χ1v) is 7.84. The Morgan fingerprint density at radius 1 is 1.40 bits per heavy atom. The number of anilines is 1. The van der Waals surface area contributed by atoms with E-state index in [1.807, 2.05) is 6.20 Å². The van der Waals surface area contributed by atoms with Crippen LogP contribution >= 0.6 is 0 Å². The van der Waals surface area contributed by atoms with Gasteiger partial charge in [-0.15, -0.1) is 5.10 Å². The quantitative estimate of drug-likeness (QED) is 0.713. The number of aryl methyl sites for hydroxylation is 1. The van der Waals surface area contributed by atoms with Gasteiger partial charge in [-0.2, -0.15) is 0 Å². The van der Waals surface area contributed by atoms with Gasteiger partial charge in [0.05, 0.1) is 7.11 Å². The topological polar surface area (TPSA) is 103 Å². The maximum atomic E-state index is 12.6. The Balaban J connectivity index is 1.92. The number of nitrogens with zero attached hydrogens (tertiary/aromatic N) is 5. The molecule has 130 valence electrons. The molecule has 1 N–H and O–H groups in total. The fourth-order valence-corrected chi connectivity index (χ4v) is 2.52. The van der Waals surface area contributed by atoms with Crippen LogP contribution in [0, 0.1) is 0 Å². The highest BCUT2D eigenvalue weighted by Gasteiger charge is 2.15. The summed E-state index contributed by atoms with van der Waals surface area (Å²) < 4.78 is 7.94. The molecule has 9 nitrogen and oxygen atoms in total. The zero-order chi connectivity index (χ0) is 17.8. The molecule has 0 aromatic carbocycles. The molecule has 0 atom stereocenters.